The Hall–Kier alpha value is -1.25. The van der Waals surface area contributed by atoms with E-state index in [4.69, 9.17) is 9.84 Å². The van der Waals surface area contributed by atoms with Gasteiger partial charge in [0.15, 0.2) is 0 Å². The van der Waals surface area contributed by atoms with Crippen molar-refractivity contribution in [3.05, 3.63) is 25.0 Å². The molecule has 0 radical (unpaired) electrons. The molecule has 68 valence electrons. The van der Waals surface area contributed by atoms with Crippen LogP contribution in [0.25, 0.3) is 0 Å². The summed E-state index contributed by atoms with van der Waals surface area (Å²) in [5, 5.41) is 8.60. The zero-order chi connectivity index (χ0) is 9.56. The first-order valence-electron chi connectivity index (χ1n) is 3.78. The largest absolute Gasteiger partial charge is 0.501 e. The third kappa shape index (κ3) is 3.23. The van der Waals surface area contributed by atoms with E-state index >= 15 is 0 Å². The zero-order valence-corrected chi connectivity index (χ0v) is 7.25. The van der Waals surface area contributed by atoms with Crippen LogP contribution in [-0.4, -0.2) is 17.7 Å². The molecule has 0 fully saturated rings. The first-order valence-corrected chi connectivity index (χ1v) is 3.78. The maximum absolute atomic E-state index is 10.5. The van der Waals surface area contributed by atoms with Crippen LogP contribution in [0.2, 0.25) is 0 Å². The lowest BCUT2D eigenvalue weighted by molar-refractivity contribution is -0.133. The Labute approximate surface area is 72.3 Å². The molecule has 0 rings (SSSR count). The van der Waals surface area contributed by atoms with E-state index in [-0.39, 0.29) is 11.5 Å². The van der Waals surface area contributed by atoms with Crippen molar-refractivity contribution in [2.75, 3.05) is 6.61 Å². The summed E-state index contributed by atoms with van der Waals surface area (Å²) in [5.74, 6) is -1.09. The number of ether oxygens (including phenoxy) is 1. The summed E-state index contributed by atoms with van der Waals surface area (Å²) in [6.45, 7) is 9.07. The van der Waals surface area contributed by atoms with Gasteiger partial charge in [-0.25, -0.2) is 4.79 Å². The molecule has 0 aliphatic carbocycles. The molecule has 1 unspecified atom stereocenters. The summed E-state index contributed by atoms with van der Waals surface area (Å²) in [6.07, 6.45) is 2.01. The van der Waals surface area contributed by atoms with Crippen molar-refractivity contribution in [3.8, 4) is 0 Å². The third-order valence-electron chi connectivity index (χ3n) is 1.68. The molecule has 3 heteroatoms. The fraction of sp³-hybridized carbons (Fsp3) is 0.444. The van der Waals surface area contributed by atoms with Crippen LogP contribution in [-0.2, 0) is 9.53 Å². The van der Waals surface area contributed by atoms with Crippen molar-refractivity contribution in [2.45, 2.75) is 13.3 Å². The fourth-order valence-electron chi connectivity index (χ4n) is 0.824. The molecule has 0 saturated heterocycles. The number of hydrogen-bond donors (Lipinski definition) is 1. The third-order valence-corrected chi connectivity index (χ3v) is 1.68. The molecule has 0 spiro atoms. The number of carbonyl (C=O) groups is 1. The standard InChI is InChI=1S/C9H14O3/c1-4-8(6-12-5-2)7(3)9(10)11/h5,8H,2-4,6H2,1H3,(H,10,11). The van der Waals surface area contributed by atoms with E-state index in [0.29, 0.717) is 13.0 Å². The molecule has 0 saturated carbocycles. The quantitative estimate of drug-likeness (QED) is 0.488. The molecule has 0 aromatic carbocycles. The Morgan fingerprint density at radius 1 is 1.75 bits per heavy atom. The van der Waals surface area contributed by atoms with E-state index < -0.39 is 5.97 Å². The van der Waals surface area contributed by atoms with Crippen molar-refractivity contribution in [3.63, 3.8) is 0 Å². The van der Waals surface area contributed by atoms with Gasteiger partial charge in [-0.2, -0.15) is 0 Å². The minimum atomic E-state index is -0.963. The first-order chi connectivity index (χ1) is 5.63. The molecule has 0 amide bonds. The van der Waals surface area contributed by atoms with Gasteiger partial charge in [-0.05, 0) is 6.42 Å². The Kier molecular flexibility index (Phi) is 4.84. The molecule has 1 atom stereocenters. The highest BCUT2D eigenvalue weighted by Crippen LogP contribution is 2.13. The zero-order valence-electron chi connectivity index (χ0n) is 7.25. The highest BCUT2D eigenvalue weighted by molar-refractivity contribution is 5.86. The highest BCUT2D eigenvalue weighted by Gasteiger charge is 2.16. The minimum Gasteiger partial charge on any atom is -0.501 e. The molecular formula is C9H14O3. The van der Waals surface area contributed by atoms with Crippen LogP contribution in [0, 0.1) is 5.92 Å². The van der Waals surface area contributed by atoms with Gasteiger partial charge >= 0.3 is 5.97 Å². The summed E-state index contributed by atoms with van der Waals surface area (Å²) in [6, 6.07) is 0. The van der Waals surface area contributed by atoms with Gasteiger partial charge in [0.25, 0.3) is 0 Å². The number of carboxylic acid groups (broad SMARTS) is 1. The molecule has 0 aromatic rings. The van der Waals surface area contributed by atoms with Gasteiger partial charge in [-0.1, -0.05) is 20.1 Å². The van der Waals surface area contributed by atoms with Gasteiger partial charge in [0.2, 0.25) is 0 Å². The van der Waals surface area contributed by atoms with Gasteiger partial charge in [0, 0.05) is 11.5 Å². The second-order valence-electron chi connectivity index (χ2n) is 2.44. The van der Waals surface area contributed by atoms with Gasteiger partial charge in [-0.15, -0.1) is 0 Å². The molecule has 0 aliphatic rings. The van der Waals surface area contributed by atoms with Crippen LogP contribution in [0.4, 0.5) is 0 Å². The van der Waals surface area contributed by atoms with Crippen molar-refractivity contribution < 1.29 is 14.6 Å². The summed E-state index contributed by atoms with van der Waals surface area (Å²) < 4.78 is 4.90. The molecule has 0 bridgehead atoms. The summed E-state index contributed by atoms with van der Waals surface area (Å²) in [4.78, 5) is 10.5. The maximum Gasteiger partial charge on any atom is 0.331 e. The lowest BCUT2D eigenvalue weighted by atomic mass is 9.99. The van der Waals surface area contributed by atoms with Crippen molar-refractivity contribution in [1.82, 2.24) is 0 Å². The van der Waals surface area contributed by atoms with Crippen molar-refractivity contribution >= 4 is 5.97 Å². The Balaban J connectivity index is 4.04. The molecule has 0 heterocycles. The van der Waals surface area contributed by atoms with Crippen LogP contribution in [0.5, 0.6) is 0 Å². The van der Waals surface area contributed by atoms with E-state index in [0.717, 1.165) is 0 Å². The lowest BCUT2D eigenvalue weighted by Crippen LogP contribution is -2.15. The van der Waals surface area contributed by atoms with Crippen LogP contribution in [0.1, 0.15) is 13.3 Å². The first kappa shape index (κ1) is 10.8. The molecule has 12 heavy (non-hydrogen) atoms. The summed E-state index contributed by atoms with van der Waals surface area (Å²) >= 11 is 0. The van der Waals surface area contributed by atoms with Gasteiger partial charge in [-0.3, -0.25) is 0 Å². The fourth-order valence-corrected chi connectivity index (χ4v) is 0.824. The van der Waals surface area contributed by atoms with Gasteiger partial charge in [0.1, 0.15) is 0 Å². The smallest absolute Gasteiger partial charge is 0.331 e. The van der Waals surface area contributed by atoms with Crippen LogP contribution < -0.4 is 0 Å². The highest BCUT2D eigenvalue weighted by atomic mass is 16.5. The predicted octanol–water partition coefficient (Wildman–Crippen LogP) is 1.81. The van der Waals surface area contributed by atoms with Crippen LogP contribution in [0.3, 0.4) is 0 Å². The summed E-state index contributed by atoms with van der Waals surface area (Å²) in [5.41, 5.74) is 0.194. The van der Waals surface area contributed by atoms with Crippen LogP contribution >= 0.6 is 0 Å². The molecule has 1 N–H and O–H groups in total. The lowest BCUT2D eigenvalue weighted by Gasteiger charge is -2.13. The normalized spacial score (nSPS) is 11.8. The van der Waals surface area contributed by atoms with Gasteiger partial charge < -0.3 is 9.84 Å². The topological polar surface area (TPSA) is 46.5 Å². The van der Waals surface area contributed by atoms with E-state index in [1.165, 1.54) is 6.26 Å². The average molecular weight is 170 g/mol. The number of aliphatic carboxylic acids is 1. The number of rotatable bonds is 6. The van der Waals surface area contributed by atoms with E-state index in [1.54, 1.807) is 0 Å². The molecule has 0 aromatic heterocycles. The Bertz CT molecular complexity index is 184. The average Bonchev–Trinajstić information content (AvgIpc) is 2.05. The Morgan fingerprint density at radius 3 is 2.67 bits per heavy atom. The minimum absolute atomic E-state index is 0.125. The molecule has 0 aliphatic heterocycles. The van der Waals surface area contributed by atoms with Crippen LogP contribution in [0.15, 0.2) is 25.0 Å². The van der Waals surface area contributed by atoms with E-state index in [1.807, 2.05) is 6.92 Å². The second kappa shape index (κ2) is 5.41. The van der Waals surface area contributed by atoms with E-state index in [2.05, 4.69) is 13.2 Å². The number of carboxylic acids is 1. The summed E-state index contributed by atoms with van der Waals surface area (Å²) in [7, 11) is 0. The maximum atomic E-state index is 10.5. The Morgan fingerprint density at radius 2 is 2.33 bits per heavy atom. The second-order valence-corrected chi connectivity index (χ2v) is 2.44. The molecular weight excluding hydrogens is 156 g/mol. The van der Waals surface area contributed by atoms with Crippen molar-refractivity contribution in [2.24, 2.45) is 5.92 Å². The monoisotopic (exact) mass is 170 g/mol. The SMILES string of the molecule is C=COCC(CC)C(=C)C(=O)O. The predicted molar refractivity (Wildman–Crippen MR) is 46.7 cm³/mol. The van der Waals surface area contributed by atoms with E-state index in [9.17, 15) is 4.79 Å². The van der Waals surface area contributed by atoms with Crippen molar-refractivity contribution in [1.29, 1.82) is 0 Å². The molecule has 3 nitrogen and oxygen atoms in total. The van der Waals surface area contributed by atoms with Gasteiger partial charge in [0.05, 0.1) is 12.9 Å². The number of hydrogen-bond acceptors (Lipinski definition) is 2.